The van der Waals surface area contributed by atoms with Crippen LogP contribution < -0.4 is 5.73 Å². The number of hydrogen-bond donors (Lipinski definition) is 1. The average Bonchev–Trinajstić information content (AvgIpc) is 3.75. The maximum atomic E-state index is 14.4. The van der Waals surface area contributed by atoms with Crippen molar-refractivity contribution in [3.63, 3.8) is 0 Å². The molecule has 1 saturated carbocycles. The summed E-state index contributed by atoms with van der Waals surface area (Å²) < 4.78 is 40.6. The lowest BCUT2D eigenvalue weighted by molar-refractivity contribution is -0.139. The lowest BCUT2D eigenvalue weighted by Crippen LogP contribution is -2.46. The van der Waals surface area contributed by atoms with Crippen molar-refractivity contribution >= 4 is 44.1 Å². The van der Waals surface area contributed by atoms with Gasteiger partial charge in [0.1, 0.15) is 18.5 Å². The van der Waals surface area contributed by atoms with Crippen molar-refractivity contribution in [1.29, 1.82) is 0 Å². The van der Waals surface area contributed by atoms with Gasteiger partial charge in [-0.25, -0.2) is 12.8 Å². The summed E-state index contributed by atoms with van der Waals surface area (Å²) in [7, 11) is -3.53. The molecule has 42 heavy (non-hydrogen) atoms. The van der Waals surface area contributed by atoms with E-state index in [4.69, 9.17) is 5.73 Å². The van der Waals surface area contributed by atoms with Gasteiger partial charge in [-0.3, -0.25) is 24.2 Å². The maximum Gasteiger partial charge on any atom is 0.250 e. The van der Waals surface area contributed by atoms with Crippen LogP contribution in [0.2, 0.25) is 0 Å². The Morgan fingerprint density at radius 1 is 1.05 bits per heavy atom. The van der Waals surface area contributed by atoms with Crippen molar-refractivity contribution in [2.45, 2.75) is 69.5 Å². The van der Waals surface area contributed by atoms with Crippen LogP contribution in [0.5, 0.6) is 0 Å². The number of hydrogen-bond acceptors (Lipinski definition) is 7. The zero-order valence-corrected chi connectivity index (χ0v) is 24.1. The number of likely N-dealkylation sites (tertiary alicyclic amines) is 1. The molecule has 1 saturated heterocycles. The minimum atomic E-state index is -3.53. The quantitative estimate of drug-likeness (QED) is 0.354. The summed E-state index contributed by atoms with van der Waals surface area (Å²) in [5.41, 5.74) is 7.56. The number of Topliss-reactive ketones (excluding diaryl/α,β-unsaturated/α-hetero) is 2. The van der Waals surface area contributed by atoms with E-state index in [2.05, 4.69) is 4.98 Å². The zero-order chi connectivity index (χ0) is 30.2. The van der Waals surface area contributed by atoms with E-state index in [9.17, 15) is 32.0 Å². The smallest absolute Gasteiger partial charge is 0.250 e. The molecule has 1 aromatic carbocycles. The Kier molecular flexibility index (Phi) is 8.27. The van der Waals surface area contributed by atoms with E-state index >= 15 is 0 Å². The van der Waals surface area contributed by atoms with Crippen molar-refractivity contribution in [2.24, 2.45) is 5.73 Å². The number of amides is 2. The molecule has 0 radical (unpaired) electrons. The third-order valence-corrected chi connectivity index (χ3v) is 10.1. The zero-order valence-electron chi connectivity index (χ0n) is 23.3. The molecule has 2 fully saturated rings. The molecule has 1 aliphatic carbocycles. The summed E-state index contributed by atoms with van der Waals surface area (Å²) in [5.74, 6) is -2.64. The van der Waals surface area contributed by atoms with Crippen molar-refractivity contribution in [1.82, 2.24) is 14.5 Å². The Labute approximate surface area is 243 Å². The summed E-state index contributed by atoms with van der Waals surface area (Å²) >= 11 is 0. The van der Waals surface area contributed by atoms with Crippen LogP contribution in [0.15, 0.2) is 42.6 Å². The Bertz CT molecular complexity index is 1680. The molecule has 2 atom stereocenters. The summed E-state index contributed by atoms with van der Waals surface area (Å²) in [4.78, 5) is 57.9. The van der Waals surface area contributed by atoms with Gasteiger partial charge in [0.05, 0.1) is 23.3 Å². The summed E-state index contributed by atoms with van der Waals surface area (Å²) in [6, 6.07) is 8.95. The van der Waals surface area contributed by atoms with Crippen molar-refractivity contribution in [3.05, 3.63) is 65.1 Å². The number of alkyl halides is 1. The van der Waals surface area contributed by atoms with Gasteiger partial charge in [-0.1, -0.05) is 6.07 Å². The van der Waals surface area contributed by atoms with Crippen molar-refractivity contribution in [3.8, 4) is 0 Å². The monoisotopic (exact) mass is 596 g/mol. The topological polar surface area (TPSA) is 150 Å². The summed E-state index contributed by atoms with van der Waals surface area (Å²) in [6.07, 6.45) is 1.84. The highest BCUT2D eigenvalue weighted by Gasteiger charge is 2.37. The van der Waals surface area contributed by atoms with Gasteiger partial charge in [-0.05, 0) is 69.4 Å². The van der Waals surface area contributed by atoms with Crippen LogP contribution in [0.25, 0.3) is 10.9 Å². The van der Waals surface area contributed by atoms with Gasteiger partial charge in [0, 0.05) is 40.6 Å². The van der Waals surface area contributed by atoms with Crippen LogP contribution in [0.4, 0.5) is 4.39 Å². The number of pyridine rings is 1. The number of aromatic nitrogens is 2. The van der Waals surface area contributed by atoms with Crippen LogP contribution in [-0.4, -0.2) is 76.0 Å². The molecule has 1 unspecified atom stereocenters. The molecule has 12 heteroatoms. The van der Waals surface area contributed by atoms with E-state index in [1.807, 2.05) is 13.0 Å². The SMILES string of the molecule is Cc1cccc(CC(=O)[C@@H]2CCC(F)CCN2C(=O)Cn2cc(C(N)=O)c3cc(C(=O)CS(=O)(=O)C4CC4)ccc32)n1. The second-order valence-corrected chi connectivity index (χ2v) is 13.5. The molecule has 0 spiro atoms. The molecule has 2 amide bonds. The molecule has 3 aromatic rings. The van der Waals surface area contributed by atoms with Gasteiger partial charge in [0.2, 0.25) is 5.91 Å². The number of carbonyl (C=O) groups is 4. The largest absolute Gasteiger partial charge is 0.366 e. The van der Waals surface area contributed by atoms with Crippen molar-refractivity contribution in [2.75, 3.05) is 12.3 Å². The maximum absolute atomic E-state index is 14.4. The lowest BCUT2D eigenvalue weighted by atomic mass is 10.0. The van der Waals surface area contributed by atoms with E-state index in [1.165, 1.54) is 33.9 Å². The van der Waals surface area contributed by atoms with E-state index in [0.717, 1.165) is 5.69 Å². The number of fused-ring (bicyclic) bond motifs is 1. The van der Waals surface area contributed by atoms with Crippen LogP contribution in [0, 0.1) is 6.92 Å². The van der Waals surface area contributed by atoms with E-state index in [0.29, 0.717) is 29.4 Å². The van der Waals surface area contributed by atoms with E-state index in [1.54, 1.807) is 12.1 Å². The molecule has 2 aliphatic rings. The molecule has 1 aliphatic heterocycles. The second kappa shape index (κ2) is 11.7. The Hall–Kier alpha value is -3.93. The first kappa shape index (κ1) is 29.6. The highest BCUT2D eigenvalue weighted by atomic mass is 32.2. The average molecular weight is 597 g/mol. The fraction of sp³-hybridized carbons (Fsp3) is 0.433. The molecule has 10 nitrogen and oxygen atoms in total. The molecule has 3 heterocycles. The third kappa shape index (κ3) is 6.43. The number of sulfone groups is 1. The number of rotatable bonds is 10. The number of nitrogens with two attached hydrogens (primary N) is 1. The van der Waals surface area contributed by atoms with Crippen LogP contribution in [-0.2, 0) is 32.4 Å². The third-order valence-electron chi connectivity index (χ3n) is 7.94. The molecule has 222 valence electrons. The Morgan fingerprint density at radius 2 is 1.81 bits per heavy atom. The van der Waals surface area contributed by atoms with Crippen LogP contribution in [0.3, 0.4) is 0 Å². The number of benzene rings is 1. The molecule has 0 bridgehead atoms. The van der Waals surface area contributed by atoms with Gasteiger partial charge in [0.25, 0.3) is 5.91 Å². The fourth-order valence-corrected chi connectivity index (χ4v) is 7.17. The van der Waals surface area contributed by atoms with Crippen molar-refractivity contribution < 1.29 is 32.0 Å². The molecular weight excluding hydrogens is 563 g/mol. The predicted molar refractivity (Wildman–Crippen MR) is 154 cm³/mol. The minimum Gasteiger partial charge on any atom is -0.366 e. The standard InChI is InChI=1S/C30H33FN4O6S/c1-18-3-2-4-21(33-18)14-27(36)26-10-6-20(31)11-12-35(26)29(38)16-34-15-24(30(32)39)23-13-19(5-9-25(23)34)28(37)17-42(40,41)22-7-8-22/h2-5,9,13,15,20,22,26H,6-8,10-12,14,16-17H2,1H3,(H2,32,39)/t20?,26-/m0/s1. The van der Waals surface area contributed by atoms with Gasteiger partial charge in [-0.15, -0.1) is 0 Å². The number of carbonyl (C=O) groups excluding carboxylic acids is 4. The van der Waals surface area contributed by atoms with Gasteiger partial charge >= 0.3 is 0 Å². The van der Waals surface area contributed by atoms with Gasteiger partial charge in [-0.2, -0.15) is 0 Å². The second-order valence-electron chi connectivity index (χ2n) is 11.2. The first-order valence-electron chi connectivity index (χ1n) is 14.0. The van der Waals surface area contributed by atoms with Crippen LogP contribution in [0.1, 0.15) is 64.2 Å². The number of ketones is 2. The Balaban J connectivity index is 1.40. The minimum absolute atomic E-state index is 0.0125. The van der Waals surface area contributed by atoms with E-state index in [-0.39, 0.29) is 55.7 Å². The van der Waals surface area contributed by atoms with E-state index < -0.39 is 50.7 Å². The molecule has 2 N–H and O–H groups in total. The number of halogens is 1. The summed E-state index contributed by atoms with van der Waals surface area (Å²) in [5, 5.41) is -0.170. The number of primary amides is 1. The van der Waals surface area contributed by atoms with Crippen LogP contribution >= 0.6 is 0 Å². The first-order valence-corrected chi connectivity index (χ1v) is 15.7. The number of nitrogens with zero attached hydrogens (tertiary/aromatic N) is 3. The normalized spacial score (nSPS) is 19.4. The number of aryl methyl sites for hydroxylation is 1. The summed E-state index contributed by atoms with van der Waals surface area (Å²) in [6.45, 7) is 1.63. The first-order chi connectivity index (χ1) is 19.9. The van der Waals surface area contributed by atoms with Gasteiger partial charge in [0.15, 0.2) is 21.4 Å². The Morgan fingerprint density at radius 3 is 2.50 bits per heavy atom. The lowest BCUT2D eigenvalue weighted by Gasteiger charge is -2.29. The predicted octanol–water partition coefficient (Wildman–Crippen LogP) is 2.73. The molecular formula is C30H33FN4O6S. The highest BCUT2D eigenvalue weighted by molar-refractivity contribution is 7.93. The highest BCUT2D eigenvalue weighted by Crippen LogP contribution is 2.30. The molecule has 5 rings (SSSR count). The fourth-order valence-electron chi connectivity index (χ4n) is 5.55. The van der Waals surface area contributed by atoms with Gasteiger partial charge < -0.3 is 15.2 Å². The molecule has 2 aromatic heterocycles.